The van der Waals surface area contributed by atoms with Gasteiger partial charge in [0, 0.05) is 0 Å². The number of hydrogen-bond acceptors (Lipinski definition) is 4. The van der Waals surface area contributed by atoms with Crippen LogP contribution in [0.2, 0.25) is 0 Å². The van der Waals surface area contributed by atoms with E-state index in [0.717, 1.165) is 0 Å². The van der Waals surface area contributed by atoms with Crippen LogP contribution in [0.5, 0.6) is 0 Å². The minimum absolute atomic E-state index is 0. The van der Waals surface area contributed by atoms with E-state index in [2.05, 4.69) is 10.3 Å². The minimum Gasteiger partial charge on any atom is -0.411 e. The molecule has 0 atom stereocenters. The molecule has 0 heterocycles. The predicted octanol–water partition coefficient (Wildman–Crippen LogP) is 0.684. The smallest absolute Gasteiger partial charge is 0.411 e. The van der Waals surface area contributed by atoms with Crippen molar-refractivity contribution in [2.24, 2.45) is 10.3 Å². The molecule has 0 saturated carbocycles. The summed E-state index contributed by atoms with van der Waals surface area (Å²) in [5, 5.41) is 21.6. The molecule has 1 radical (unpaired) electrons. The van der Waals surface area contributed by atoms with Crippen LogP contribution in [0.1, 0.15) is 13.8 Å². The van der Waals surface area contributed by atoms with Crippen molar-refractivity contribution < 1.29 is 27.2 Å². The maximum atomic E-state index is 8.03. The van der Waals surface area contributed by atoms with Gasteiger partial charge in [0.15, 0.2) is 0 Å². The molecule has 0 aromatic carbocycles. The van der Waals surface area contributed by atoms with Crippen molar-refractivity contribution in [3.63, 3.8) is 0 Å². The predicted molar refractivity (Wildman–Crippen MR) is 29.8 cm³/mol. The molecule has 0 unspecified atom stereocenters. The number of nitrogens with zero attached hydrogens (tertiary/aromatic N) is 2. The third kappa shape index (κ3) is 3.98. The van der Waals surface area contributed by atoms with Gasteiger partial charge >= 0.3 is 16.8 Å². The summed E-state index contributed by atoms with van der Waals surface area (Å²) in [5.41, 5.74) is 0.625. The average Bonchev–Trinajstić information content (AvgIpc) is 1.84. The van der Waals surface area contributed by atoms with Gasteiger partial charge in [-0.05, 0) is 13.8 Å². The van der Waals surface area contributed by atoms with E-state index in [9.17, 15) is 0 Å². The van der Waals surface area contributed by atoms with E-state index in [0.29, 0.717) is 11.4 Å². The summed E-state index contributed by atoms with van der Waals surface area (Å²) in [6, 6.07) is 0. The van der Waals surface area contributed by atoms with Crippen molar-refractivity contribution in [2.75, 3.05) is 0 Å². The zero-order valence-corrected chi connectivity index (χ0v) is 6.16. The first-order chi connectivity index (χ1) is 3.72. The Morgan fingerprint density at radius 3 is 1.33 bits per heavy atom. The Morgan fingerprint density at radius 1 is 1.00 bits per heavy atom. The fraction of sp³-hybridized carbons (Fsp3) is 0.500. The van der Waals surface area contributed by atoms with Crippen LogP contribution in [0.3, 0.4) is 0 Å². The molecule has 0 amide bonds. The largest absolute Gasteiger partial charge is 2.00 e. The third-order valence-corrected chi connectivity index (χ3v) is 0.824. The first-order valence-electron chi connectivity index (χ1n) is 2.10. The van der Waals surface area contributed by atoms with Crippen molar-refractivity contribution in [1.82, 2.24) is 0 Å². The molecule has 0 aliphatic carbocycles. The van der Waals surface area contributed by atoms with E-state index in [1.807, 2.05) is 0 Å². The molecule has 0 rings (SSSR count). The standard InChI is InChI=1S/C4H8N2O2.Co/c1-3(5-7)4(2)6-8;/h7-8H,1-2H3;/q;+2. The maximum Gasteiger partial charge on any atom is 2.00 e. The molecule has 0 aliphatic rings. The monoisotopic (exact) mass is 175 g/mol. The molecule has 0 spiro atoms. The molecule has 0 fully saturated rings. The van der Waals surface area contributed by atoms with Crippen LogP contribution in [-0.4, -0.2) is 21.8 Å². The Bertz CT molecular complexity index is 117. The molecule has 0 aromatic heterocycles. The molecule has 53 valence electrons. The first kappa shape index (κ1) is 11.3. The van der Waals surface area contributed by atoms with E-state index < -0.39 is 0 Å². The summed E-state index contributed by atoms with van der Waals surface area (Å²) < 4.78 is 0. The molecule has 5 heteroatoms. The Kier molecular flexibility index (Phi) is 6.99. The summed E-state index contributed by atoms with van der Waals surface area (Å²) in [6.45, 7) is 3.07. The van der Waals surface area contributed by atoms with Crippen molar-refractivity contribution in [2.45, 2.75) is 13.8 Å². The van der Waals surface area contributed by atoms with Gasteiger partial charge in [-0.15, -0.1) is 0 Å². The molecule has 0 saturated heterocycles. The van der Waals surface area contributed by atoms with Gasteiger partial charge in [0.05, 0.1) is 0 Å². The molecule has 0 bridgehead atoms. The number of hydrogen-bond donors (Lipinski definition) is 2. The van der Waals surface area contributed by atoms with Gasteiger partial charge in [-0.25, -0.2) is 0 Å². The third-order valence-electron chi connectivity index (χ3n) is 0.824. The molecule has 4 nitrogen and oxygen atoms in total. The van der Waals surface area contributed by atoms with E-state index in [4.69, 9.17) is 10.4 Å². The van der Waals surface area contributed by atoms with Crippen LogP contribution >= 0.6 is 0 Å². The Labute approximate surface area is 63.4 Å². The second kappa shape index (κ2) is 5.58. The zero-order chi connectivity index (χ0) is 6.57. The van der Waals surface area contributed by atoms with Gasteiger partial charge in [0.2, 0.25) is 0 Å². The summed E-state index contributed by atoms with van der Waals surface area (Å²) in [6.07, 6.45) is 0. The van der Waals surface area contributed by atoms with Crippen LogP contribution in [0, 0.1) is 0 Å². The fourth-order valence-corrected chi connectivity index (χ4v) is 0.145. The molecule has 2 N–H and O–H groups in total. The van der Waals surface area contributed by atoms with Gasteiger partial charge in [-0.3, -0.25) is 0 Å². The second-order valence-electron chi connectivity index (χ2n) is 1.37. The quantitative estimate of drug-likeness (QED) is 0.349. The Balaban J connectivity index is 0. The molecule has 9 heavy (non-hydrogen) atoms. The van der Waals surface area contributed by atoms with E-state index >= 15 is 0 Å². The van der Waals surface area contributed by atoms with Crippen molar-refractivity contribution >= 4 is 11.4 Å². The van der Waals surface area contributed by atoms with Crippen LogP contribution < -0.4 is 0 Å². The topological polar surface area (TPSA) is 65.2 Å². The van der Waals surface area contributed by atoms with Crippen molar-refractivity contribution in [3.05, 3.63) is 0 Å². The van der Waals surface area contributed by atoms with Gasteiger partial charge < -0.3 is 10.4 Å². The van der Waals surface area contributed by atoms with Crippen LogP contribution in [0.15, 0.2) is 10.3 Å². The second-order valence-corrected chi connectivity index (χ2v) is 1.37. The van der Waals surface area contributed by atoms with Crippen LogP contribution in [-0.2, 0) is 16.8 Å². The zero-order valence-electron chi connectivity index (χ0n) is 5.12. The molecular weight excluding hydrogens is 167 g/mol. The SMILES string of the molecule is CC(=NO)C(C)=NO.[Co+2]. The maximum absolute atomic E-state index is 8.03. The molecule has 0 aromatic rings. The summed E-state index contributed by atoms with van der Waals surface area (Å²) in [5.74, 6) is 0. The van der Waals surface area contributed by atoms with E-state index in [1.54, 1.807) is 0 Å². The number of oxime groups is 2. The van der Waals surface area contributed by atoms with Crippen molar-refractivity contribution in [1.29, 1.82) is 0 Å². The van der Waals surface area contributed by atoms with Crippen LogP contribution in [0.25, 0.3) is 0 Å². The molecular formula is C4H8CoN2O2+2. The van der Waals surface area contributed by atoms with E-state index in [1.165, 1.54) is 13.8 Å². The van der Waals surface area contributed by atoms with Gasteiger partial charge in [-0.2, -0.15) is 0 Å². The minimum atomic E-state index is 0. The first-order valence-corrected chi connectivity index (χ1v) is 2.10. The summed E-state index contributed by atoms with van der Waals surface area (Å²) in [7, 11) is 0. The number of rotatable bonds is 1. The van der Waals surface area contributed by atoms with Gasteiger partial charge in [-0.1, -0.05) is 10.3 Å². The van der Waals surface area contributed by atoms with Crippen LogP contribution in [0.4, 0.5) is 0 Å². The normalized spacial score (nSPS) is 12.7. The summed E-state index contributed by atoms with van der Waals surface area (Å²) in [4.78, 5) is 0. The van der Waals surface area contributed by atoms with Crippen molar-refractivity contribution in [3.8, 4) is 0 Å². The fourth-order valence-electron chi connectivity index (χ4n) is 0.145. The Hall–Kier alpha value is -0.554. The van der Waals surface area contributed by atoms with E-state index in [-0.39, 0.29) is 16.8 Å². The van der Waals surface area contributed by atoms with Gasteiger partial charge in [0.25, 0.3) is 0 Å². The summed E-state index contributed by atoms with van der Waals surface area (Å²) >= 11 is 0. The average molecular weight is 175 g/mol. The Morgan fingerprint density at radius 2 is 1.22 bits per heavy atom. The van der Waals surface area contributed by atoms with Gasteiger partial charge in [0.1, 0.15) is 11.4 Å². The molecule has 0 aliphatic heterocycles.